The Kier molecular flexibility index (Phi) is 5.93. The molecule has 90 valence electrons. The van der Waals surface area contributed by atoms with Crippen LogP contribution >= 0.6 is 0 Å². The fourth-order valence-electron chi connectivity index (χ4n) is 1.08. The van der Waals surface area contributed by atoms with E-state index in [0.29, 0.717) is 0 Å². The Morgan fingerprint density at radius 2 is 2.06 bits per heavy atom. The summed E-state index contributed by atoms with van der Waals surface area (Å²) < 4.78 is 0. The van der Waals surface area contributed by atoms with Crippen molar-refractivity contribution in [1.29, 1.82) is 5.26 Å². The molecule has 0 rings (SSSR count). The molecule has 6 heteroatoms. The summed E-state index contributed by atoms with van der Waals surface area (Å²) in [6.07, 6.45) is 0.226. The van der Waals surface area contributed by atoms with E-state index in [1.54, 1.807) is 13.8 Å². The van der Waals surface area contributed by atoms with E-state index in [4.69, 9.17) is 10.4 Å². The lowest BCUT2D eigenvalue weighted by Crippen LogP contribution is -2.49. The van der Waals surface area contributed by atoms with Crippen LogP contribution in [-0.2, 0) is 4.79 Å². The monoisotopic (exact) mass is 227 g/mol. The third-order valence-electron chi connectivity index (χ3n) is 2.12. The van der Waals surface area contributed by atoms with E-state index in [0.717, 1.165) is 0 Å². The van der Waals surface area contributed by atoms with Gasteiger partial charge in [-0.3, -0.25) is 0 Å². The fourth-order valence-corrected chi connectivity index (χ4v) is 1.08. The molecule has 0 radical (unpaired) electrons. The highest BCUT2D eigenvalue weighted by Crippen LogP contribution is 2.02. The van der Waals surface area contributed by atoms with Crippen LogP contribution < -0.4 is 5.32 Å². The van der Waals surface area contributed by atoms with Gasteiger partial charge in [-0.15, -0.1) is 0 Å². The number of carbonyl (C=O) groups is 2. The molecule has 0 aromatic heterocycles. The average Bonchev–Trinajstić information content (AvgIpc) is 2.20. The molecule has 0 heterocycles. The Hall–Kier alpha value is -1.77. The largest absolute Gasteiger partial charge is 0.480 e. The van der Waals surface area contributed by atoms with Gasteiger partial charge in [-0.2, -0.15) is 5.26 Å². The number of carboxylic acids is 1. The van der Waals surface area contributed by atoms with Gasteiger partial charge in [0.05, 0.1) is 12.5 Å². The SMILES string of the molecule is CC(C)C(NC(=O)N(C)CCC#N)C(=O)O. The van der Waals surface area contributed by atoms with Gasteiger partial charge < -0.3 is 15.3 Å². The molecule has 0 spiro atoms. The van der Waals surface area contributed by atoms with Gasteiger partial charge in [0.15, 0.2) is 0 Å². The summed E-state index contributed by atoms with van der Waals surface area (Å²) in [5.74, 6) is -1.25. The van der Waals surface area contributed by atoms with Crippen molar-refractivity contribution in [2.75, 3.05) is 13.6 Å². The number of carboxylic acid groups (broad SMARTS) is 1. The molecule has 2 amide bonds. The molecule has 1 atom stereocenters. The number of nitriles is 1. The van der Waals surface area contributed by atoms with Crippen molar-refractivity contribution < 1.29 is 14.7 Å². The zero-order chi connectivity index (χ0) is 12.7. The zero-order valence-electron chi connectivity index (χ0n) is 9.73. The van der Waals surface area contributed by atoms with Crippen LogP contribution in [-0.4, -0.2) is 41.6 Å². The highest BCUT2D eigenvalue weighted by molar-refractivity contribution is 5.82. The summed E-state index contributed by atoms with van der Waals surface area (Å²) in [7, 11) is 1.52. The normalized spacial score (nSPS) is 11.7. The Morgan fingerprint density at radius 3 is 2.44 bits per heavy atom. The Bertz CT molecular complexity index is 296. The van der Waals surface area contributed by atoms with Crippen LogP contribution in [0.15, 0.2) is 0 Å². The topological polar surface area (TPSA) is 93.4 Å². The number of carbonyl (C=O) groups excluding carboxylic acids is 1. The maximum absolute atomic E-state index is 11.5. The van der Waals surface area contributed by atoms with Gasteiger partial charge in [-0.05, 0) is 5.92 Å². The van der Waals surface area contributed by atoms with Crippen molar-refractivity contribution in [3.63, 3.8) is 0 Å². The molecule has 1 unspecified atom stereocenters. The molecule has 6 nitrogen and oxygen atoms in total. The fraction of sp³-hybridized carbons (Fsp3) is 0.700. The quantitative estimate of drug-likeness (QED) is 0.721. The third kappa shape index (κ3) is 4.64. The first-order valence-electron chi connectivity index (χ1n) is 5.01. The maximum Gasteiger partial charge on any atom is 0.326 e. The highest BCUT2D eigenvalue weighted by Gasteiger charge is 2.24. The summed E-state index contributed by atoms with van der Waals surface area (Å²) >= 11 is 0. The Balaban J connectivity index is 4.30. The second-order valence-electron chi connectivity index (χ2n) is 3.84. The molecular weight excluding hydrogens is 210 g/mol. The number of hydrogen-bond donors (Lipinski definition) is 2. The summed E-state index contributed by atoms with van der Waals surface area (Å²) in [6, 6.07) is 0.533. The third-order valence-corrected chi connectivity index (χ3v) is 2.12. The van der Waals surface area contributed by atoms with E-state index >= 15 is 0 Å². The lowest BCUT2D eigenvalue weighted by atomic mass is 10.1. The first-order valence-corrected chi connectivity index (χ1v) is 5.01. The molecule has 0 saturated heterocycles. The first-order chi connectivity index (χ1) is 7.40. The molecule has 0 bridgehead atoms. The molecule has 0 aromatic rings. The predicted molar refractivity (Wildman–Crippen MR) is 57.7 cm³/mol. The van der Waals surface area contributed by atoms with Crippen molar-refractivity contribution in [1.82, 2.24) is 10.2 Å². The molecular formula is C10H17N3O3. The molecule has 0 saturated carbocycles. The molecule has 0 aliphatic carbocycles. The van der Waals surface area contributed by atoms with Crippen molar-refractivity contribution in [2.45, 2.75) is 26.3 Å². The number of amides is 2. The zero-order valence-corrected chi connectivity index (χ0v) is 9.73. The first kappa shape index (κ1) is 14.2. The summed E-state index contributed by atoms with van der Waals surface area (Å²) in [5.41, 5.74) is 0. The summed E-state index contributed by atoms with van der Waals surface area (Å²) in [6.45, 7) is 3.72. The van der Waals surface area contributed by atoms with Crippen LogP contribution in [0.1, 0.15) is 20.3 Å². The van der Waals surface area contributed by atoms with Crippen LogP contribution in [0.3, 0.4) is 0 Å². The average molecular weight is 227 g/mol. The van der Waals surface area contributed by atoms with Gasteiger partial charge in [-0.1, -0.05) is 13.8 Å². The second-order valence-corrected chi connectivity index (χ2v) is 3.84. The molecule has 16 heavy (non-hydrogen) atoms. The van der Waals surface area contributed by atoms with Gasteiger partial charge >= 0.3 is 12.0 Å². The lowest BCUT2D eigenvalue weighted by molar-refractivity contribution is -0.140. The van der Waals surface area contributed by atoms with E-state index in [1.807, 2.05) is 6.07 Å². The van der Waals surface area contributed by atoms with Gasteiger partial charge in [-0.25, -0.2) is 9.59 Å². The van der Waals surface area contributed by atoms with E-state index in [2.05, 4.69) is 5.32 Å². The van der Waals surface area contributed by atoms with E-state index < -0.39 is 18.0 Å². The standard InChI is InChI=1S/C10H17N3O3/c1-7(2)8(9(14)15)12-10(16)13(3)6-4-5-11/h7-8H,4,6H2,1-3H3,(H,12,16)(H,14,15). The van der Waals surface area contributed by atoms with Crippen molar-refractivity contribution in [3.05, 3.63) is 0 Å². The van der Waals surface area contributed by atoms with Gasteiger partial charge in [0, 0.05) is 13.6 Å². The molecule has 2 N–H and O–H groups in total. The van der Waals surface area contributed by atoms with Gasteiger partial charge in [0.25, 0.3) is 0 Å². The summed E-state index contributed by atoms with van der Waals surface area (Å²) in [5, 5.41) is 19.6. The molecule has 0 fully saturated rings. The van der Waals surface area contributed by atoms with E-state index in [1.165, 1.54) is 11.9 Å². The lowest BCUT2D eigenvalue weighted by Gasteiger charge is -2.22. The Labute approximate surface area is 94.8 Å². The van der Waals surface area contributed by atoms with Crippen molar-refractivity contribution in [2.24, 2.45) is 5.92 Å². The number of nitrogens with zero attached hydrogens (tertiary/aromatic N) is 2. The smallest absolute Gasteiger partial charge is 0.326 e. The summed E-state index contributed by atoms with van der Waals surface area (Å²) in [4.78, 5) is 23.6. The maximum atomic E-state index is 11.5. The minimum Gasteiger partial charge on any atom is -0.480 e. The minimum atomic E-state index is -1.06. The van der Waals surface area contributed by atoms with Crippen molar-refractivity contribution >= 4 is 12.0 Å². The minimum absolute atomic E-state index is 0.189. The van der Waals surface area contributed by atoms with Crippen LogP contribution in [0.4, 0.5) is 4.79 Å². The number of urea groups is 1. The van der Waals surface area contributed by atoms with Gasteiger partial charge in [0.1, 0.15) is 6.04 Å². The van der Waals surface area contributed by atoms with Crippen LogP contribution in [0, 0.1) is 17.2 Å². The molecule has 0 aliphatic rings. The van der Waals surface area contributed by atoms with E-state index in [9.17, 15) is 9.59 Å². The highest BCUT2D eigenvalue weighted by atomic mass is 16.4. The van der Waals surface area contributed by atoms with E-state index in [-0.39, 0.29) is 18.9 Å². The number of nitrogens with one attached hydrogen (secondary N) is 1. The molecule has 0 aliphatic heterocycles. The second kappa shape index (κ2) is 6.67. The number of aliphatic carboxylic acids is 1. The van der Waals surface area contributed by atoms with Crippen LogP contribution in [0.2, 0.25) is 0 Å². The van der Waals surface area contributed by atoms with Crippen LogP contribution in [0.5, 0.6) is 0 Å². The van der Waals surface area contributed by atoms with Gasteiger partial charge in [0.2, 0.25) is 0 Å². The number of rotatable bonds is 5. The molecule has 0 aromatic carbocycles. The van der Waals surface area contributed by atoms with Crippen LogP contribution in [0.25, 0.3) is 0 Å². The Morgan fingerprint density at radius 1 is 1.50 bits per heavy atom. The number of hydrogen-bond acceptors (Lipinski definition) is 3. The predicted octanol–water partition coefficient (Wildman–Crippen LogP) is 0.651. The van der Waals surface area contributed by atoms with Crippen molar-refractivity contribution in [3.8, 4) is 6.07 Å².